The van der Waals surface area contributed by atoms with Gasteiger partial charge < -0.3 is 5.11 Å². The van der Waals surface area contributed by atoms with Crippen LogP contribution in [-0.4, -0.2) is 36.9 Å². The lowest BCUT2D eigenvalue weighted by Gasteiger charge is -2.21. The van der Waals surface area contributed by atoms with E-state index in [0.717, 1.165) is 25.0 Å². The first kappa shape index (κ1) is 16.4. The Morgan fingerprint density at radius 1 is 1.48 bits per heavy atom. The average molecular weight is 380 g/mol. The molecule has 1 aromatic carbocycles. The molecule has 0 unspecified atom stereocenters. The van der Waals surface area contributed by atoms with Crippen LogP contribution in [0.2, 0.25) is 0 Å². The summed E-state index contributed by atoms with van der Waals surface area (Å²) in [6, 6.07) is 2.15. The van der Waals surface area contributed by atoms with E-state index in [9.17, 15) is 17.6 Å². The third-order valence-electron chi connectivity index (χ3n) is 3.36. The molecule has 116 valence electrons. The zero-order valence-electron chi connectivity index (χ0n) is 11.3. The van der Waals surface area contributed by atoms with Gasteiger partial charge in [0.1, 0.15) is 4.90 Å². The van der Waals surface area contributed by atoms with Gasteiger partial charge in [-0.3, -0.25) is 0 Å². The minimum Gasteiger partial charge on any atom is -0.478 e. The first-order valence-electron chi connectivity index (χ1n) is 6.49. The number of hydrogen-bond acceptors (Lipinski definition) is 3. The van der Waals surface area contributed by atoms with E-state index >= 15 is 0 Å². The van der Waals surface area contributed by atoms with Crippen molar-refractivity contribution in [3.63, 3.8) is 0 Å². The molecule has 0 spiro atoms. The summed E-state index contributed by atoms with van der Waals surface area (Å²) in [6.07, 6.45) is 1.93. The normalized spacial score (nSPS) is 15.4. The number of carboxylic acids is 1. The highest BCUT2D eigenvalue weighted by molar-refractivity contribution is 9.10. The van der Waals surface area contributed by atoms with E-state index in [2.05, 4.69) is 15.9 Å². The molecule has 2 rings (SSSR count). The van der Waals surface area contributed by atoms with E-state index in [1.807, 2.05) is 0 Å². The molecule has 1 aromatic rings. The summed E-state index contributed by atoms with van der Waals surface area (Å²) in [4.78, 5) is 10.4. The lowest BCUT2D eigenvalue weighted by Crippen LogP contribution is -2.33. The summed E-state index contributed by atoms with van der Waals surface area (Å²) in [7, 11) is -4.05. The molecule has 21 heavy (non-hydrogen) atoms. The van der Waals surface area contributed by atoms with E-state index < -0.39 is 32.3 Å². The summed E-state index contributed by atoms with van der Waals surface area (Å²) in [5.74, 6) is -2.41. The zero-order valence-corrected chi connectivity index (χ0v) is 13.7. The first-order valence-corrected chi connectivity index (χ1v) is 8.73. The van der Waals surface area contributed by atoms with E-state index in [0.29, 0.717) is 12.5 Å². The Morgan fingerprint density at radius 3 is 2.57 bits per heavy atom. The maximum Gasteiger partial charge on any atom is 0.338 e. The van der Waals surface area contributed by atoms with Gasteiger partial charge in [0, 0.05) is 17.6 Å². The Bertz CT molecular complexity index is 673. The number of carbonyl (C=O) groups is 1. The van der Waals surface area contributed by atoms with Crippen molar-refractivity contribution in [1.82, 2.24) is 4.31 Å². The van der Waals surface area contributed by atoms with E-state index in [4.69, 9.17) is 5.11 Å². The zero-order chi connectivity index (χ0) is 15.8. The minimum atomic E-state index is -4.05. The van der Waals surface area contributed by atoms with Gasteiger partial charge in [0.2, 0.25) is 10.0 Å². The van der Waals surface area contributed by atoms with Crippen LogP contribution >= 0.6 is 15.9 Å². The summed E-state index contributed by atoms with van der Waals surface area (Å²) in [5.41, 5.74) is -0.662. The van der Waals surface area contributed by atoms with Crippen LogP contribution in [0.25, 0.3) is 0 Å². The molecule has 0 amide bonds. The van der Waals surface area contributed by atoms with Crippen LogP contribution in [0.4, 0.5) is 4.39 Å². The van der Waals surface area contributed by atoms with E-state index in [1.165, 1.54) is 4.31 Å². The SMILES string of the molecule is CCN(CC1CC1)S(=O)(=O)c1cc(Br)cc(C(=O)O)c1F. The molecule has 1 fully saturated rings. The van der Waals surface area contributed by atoms with Crippen molar-refractivity contribution in [3.05, 3.63) is 28.0 Å². The van der Waals surface area contributed by atoms with Crippen LogP contribution in [0.15, 0.2) is 21.5 Å². The first-order chi connectivity index (χ1) is 9.77. The maximum atomic E-state index is 14.2. The highest BCUT2D eigenvalue weighted by Gasteiger charge is 2.33. The second-order valence-electron chi connectivity index (χ2n) is 4.97. The largest absolute Gasteiger partial charge is 0.478 e. The fourth-order valence-electron chi connectivity index (χ4n) is 2.03. The summed E-state index contributed by atoms with van der Waals surface area (Å²) < 4.78 is 40.7. The average Bonchev–Trinajstić information content (AvgIpc) is 3.21. The van der Waals surface area contributed by atoms with Crippen molar-refractivity contribution < 1.29 is 22.7 Å². The molecule has 1 N–H and O–H groups in total. The van der Waals surface area contributed by atoms with Gasteiger partial charge in [-0.15, -0.1) is 0 Å². The molecule has 0 bridgehead atoms. The highest BCUT2D eigenvalue weighted by atomic mass is 79.9. The van der Waals surface area contributed by atoms with Crippen LogP contribution in [-0.2, 0) is 10.0 Å². The molecule has 0 heterocycles. The van der Waals surface area contributed by atoms with Crippen LogP contribution in [0.3, 0.4) is 0 Å². The number of rotatable bonds is 6. The standard InChI is InChI=1S/C13H15BrFNO4S/c1-2-16(7-8-3-4-8)21(19,20)11-6-9(14)5-10(12(11)15)13(17)18/h5-6,8H,2-4,7H2,1H3,(H,17,18). The molecule has 0 atom stereocenters. The Kier molecular flexibility index (Phi) is 4.69. The quantitative estimate of drug-likeness (QED) is 0.824. The van der Waals surface area contributed by atoms with E-state index in [-0.39, 0.29) is 11.0 Å². The van der Waals surface area contributed by atoms with Crippen LogP contribution in [0, 0.1) is 11.7 Å². The lowest BCUT2D eigenvalue weighted by molar-refractivity contribution is 0.0691. The number of benzene rings is 1. The molecule has 0 saturated heterocycles. The fourth-order valence-corrected chi connectivity index (χ4v) is 4.28. The van der Waals surface area contributed by atoms with Gasteiger partial charge in [-0.25, -0.2) is 17.6 Å². The lowest BCUT2D eigenvalue weighted by atomic mass is 10.2. The molecule has 0 radical (unpaired) electrons. The number of hydrogen-bond donors (Lipinski definition) is 1. The van der Waals surface area contributed by atoms with Crippen LogP contribution in [0.5, 0.6) is 0 Å². The summed E-state index contributed by atoms with van der Waals surface area (Å²) >= 11 is 3.03. The third-order valence-corrected chi connectivity index (χ3v) is 5.76. The molecule has 1 saturated carbocycles. The molecule has 0 aliphatic heterocycles. The highest BCUT2D eigenvalue weighted by Crippen LogP contribution is 2.33. The second kappa shape index (κ2) is 6.02. The molecule has 1 aliphatic carbocycles. The predicted octanol–water partition coefficient (Wildman–Crippen LogP) is 2.71. The summed E-state index contributed by atoms with van der Waals surface area (Å²) in [5, 5.41) is 8.96. The van der Waals surface area contributed by atoms with Gasteiger partial charge in [0.15, 0.2) is 5.82 Å². The number of nitrogens with zero attached hydrogens (tertiary/aromatic N) is 1. The smallest absolute Gasteiger partial charge is 0.338 e. The van der Waals surface area contributed by atoms with Crippen molar-refractivity contribution in [1.29, 1.82) is 0 Å². The Morgan fingerprint density at radius 2 is 2.10 bits per heavy atom. The Hall–Kier alpha value is -0.990. The topological polar surface area (TPSA) is 74.7 Å². The molecule has 5 nitrogen and oxygen atoms in total. The van der Waals surface area contributed by atoms with Crippen molar-refractivity contribution in [3.8, 4) is 0 Å². The molecular weight excluding hydrogens is 365 g/mol. The third kappa shape index (κ3) is 3.44. The Labute approximate surface area is 130 Å². The van der Waals surface area contributed by atoms with Crippen molar-refractivity contribution in [2.24, 2.45) is 5.92 Å². The maximum absolute atomic E-state index is 14.2. The van der Waals surface area contributed by atoms with Gasteiger partial charge in [0.05, 0.1) is 5.56 Å². The fraction of sp³-hybridized carbons (Fsp3) is 0.462. The van der Waals surface area contributed by atoms with Crippen molar-refractivity contribution >= 4 is 31.9 Å². The van der Waals surface area contributed by atoms with Crippen molar-refractivity contribution in [2.75, 3.05) is 13.1 Å². The number of carboxylic acid groups (broad SMARTS) is 1. The monoisotopic (exact) mass is 379 g/mol. The molecule has 1 aliphatic rings. The molecular formula is C13H15BrFNO4S. The number of halogens is 2. The van der Waals surface area contributed by atoms with Gasteiger partial charge >= 0.3 is 5.97 Å². The van der Waals surface area contributed by atoms with Gasteiger partial charge in [0.25, 0.3) is 0 Å². The summed E-state index contributed by atoms with van der Waals surface area (Å²) in [6.45, 7) is 2.23. The van der Waals surface area contributed by atoms with Gasteiger partial charge in [-0.05, 0) is 30.9 Å². The van der Waals surface area contributed by atoms with Gasteiger partial charge in [-0.1, -0.05) is 22.9 Å². The molecule has 0 aromatic heterocycles. The number of sulfonamides is 1. The van der Waals surface area contributed by atoms with Crippen LogP contribution in [0.1, 0.15) is 30.1 Å². The Balaban J connectivity index is 2.50. The minimum absolute atomic E-state index is 0.211. The number of aromatic carboxylic acids is 1. The van der Waals surface area contributed by atoms with E-state index in [1.54, 1.807) is 6.92 Å². The van der Waals surface area contributed by atoms with Crippen molar-refractivity contribution in [2.45, 2.75) is 24.7 Å². The second-order valence-corrected chi connectivity index (χ2v) is 7.79. The van der Waals surface area contributed by atoms with Gasteiger partial charge in [-0.2, -0.15) is 4.31 Å². The predicted molar refractivity (Wildman–Crippen MR) is 78.2 cm³/mol. The van der Waals surface area contributed by atoms with Crippen LogP contribution < -0.4 is 0 Å². The molecule has 8 heteroatoms.